The largest absolute Gasteiger partial charge is 0.488 e. The van der Waals surface area contributed by atoms with Gasteiger partial charge in [-0.3, -0.25) is 0 Å². The minimum absolute atomic E-state index is 0.00785. The summed E-state index contributed by atoms with van der Waals surface area (Å²) in [5.74, 6) is -1.53. The molecule has 0 saturated heterocycles. The van der Waals surface area contributed by atoms with E-state index in [1.165, 1.54) is 43.7 Å². The van der Waals surface area contributed by atoms with Crippen molar-refractivity contribution in [1.29, 1.82) is 0 Å². The minimum atomic E-state index is -0.739. The molecule has 28 heavy (non-hydrogen) atoms. The number of benzene rings is 1. The number of anilines is 1. The summed E-state index contributed by atoms with van der Waals surface area (Å²) in [6, 6.07) is 4.08. The molecule has 8 heteroatoms. The second-order valence-electron chi connectivity index (χ2n) is 6.71. The summed E-state index contributed by atoms with van der Waals surface area (Å²) >= 11 is 0. The lowest BCUT2D eigenvalue weighted by molar-refractivity contribution is -0.140. The summed E-state index contributed by atoms with van der Waals surface area (Å²) in [4.78, 5) is 26.0. The van der Waals surface area contributed by atoms with Gasteiger partial charge in [-0.25, -0.2) is 14.0 Å². The van der Waals surface area contributed by atoms with Gasteiger partial charge in [-0.05, 0) is 37.8 Å². The van der Waals surface area contributed by atoms with Crippen molar-refractivity contribution < 1.29 is 32.9 Å². The van der Waals surface area contributed by atoms with Crippen LogP contribution in [-0.4, -0.2) is 45.6 Å². The Labute approximate surface area is 163 Å². The van der Waals surface area contributed by atoms with Crippen molar-refractivity contribution in [2.45, 2.75) is 38.2 Å². The zero-order valence-corrected chi connectivity index (χ0v) is 16.0. The Morgan fingerprint density at radius 3 is 2.50 bits per heavy atom. The van der Waals surface area contributed by atoms with Crippen LogP contribution >= 0.6 is 0 Å². The number of halogens is 1. The highest BCUT2D eigenvalue weighted by molar-refractivity contribution is 6.03. The highest BCUT2D eigenvalue weighted by Crippen LogP contribution is 2.36. The van der Waals surface area contributed by atoms with Crippen LogP contribution in [0, 0.1) is 5.82 Å². The van der Waals surface area contributed by atoms with E-state index in [9.17, 15) is 14.0 Å². The van der Waals surface area contributed by atoms with E-state index in [0.717, 1.165) is 25.7 Å². The maximum absolute atomic E-state index is 14.1. The van der Waals surface area contributed by atoms with Crippen LogP contribution in [0.3, 0.4) is 0 Å². The molecule has 0 radical (unpaired) electrons. The van der Waals surface area contributed by atoms with Gasteiger partial charge in [0.05, 0.1) is 38.2 Å². The highest BCUT2D eigenvalue weighted by atomic mass is 19.1. The van der Waals surface area contributed by atoms with E-state index in [1.807, 2.05) is 0 Å². The summed E-state index contributed by atoms with van der Waals surface area (Å²) < 4.78 is 35.3. The normalized spacial score (nSPS) is 18.0. The number of nitrogens with zero attached hydrogens (tertiary/aromatic N) is 1. The molecule has 0 unspecified atom stereocenters. The van der Waals surface area contributed by atoms with Crippen LogP contribution in [-0.2, 0) is 23.8 Å². The molecule has 1 aliphatic carbocycles. The van der Waals surface area contributed by atoms with Crippen LogP contribution in [0.5, 0.6) is 5.75 Å². The molecule has 1 aromatic carbocycles. The molecule has 1 heterocycles. The molecule has 0 spiro atoms. The third-order valence-electron chi connectivity index (χ3n) is 4.89. The maximum Gasteiger partial charge on any atom is 0.355 e. The molecular formula is C20H24FNO6. The molecule has 1 saturated carbocycles. The third-order valence-corrected chi connectivity index (χ3v) is 4.89. The zero-order chi connectivity index (χ0) is 20.1. The SMILES string of the molecule is COC(=O)C1=C(C(=O)OC)N(c2cc(F)ccc2OC2CCCCC2)COC1. The van der Waals surface area contributed by atoms with E-state index in [0.29, 0.717) is 11.4 Å². The number of methoxy groups -OCH3 is 2. The smallest absolute Gasteiger partial charge is 0.355 e. The topological polar surface area (TPSA) is 74.3 Å². The van der Waals surface area contributed by atoms with Gasteiger partial charge in [-0.15, -0.1) is 0 Å². The van der Waals surface area contributed by atoms with Gasteiger partial charge >= 0.3 is 11.9 Å². The van der Waals surface area contributed by atoms with Crippen molar-refractivity contribution in [2.75, 3.05) is 32.5 Å². The second kappa shape index (κ2) is 9.05. The van der Waals surface area contributed by atoms with Gasteiger partial charge in [0.25, 0.3) is 0 Å². The number of carbonyl (C=O) groups excluding carboxylic acids is 2. The molecule has 7 nitrogen and oxygen atoms in total. The van der Waals surface area contributed by atoms with Crippen LogP contribution in [0.2, 0.25) is 0 Å². The van der Waals surface area contributed by atoms with E-state index in [2.05, 4.69) is 0 Å². The van der Waals surface area contributed by atoms with Gasteiger partial charge in [0, 0.05) is 6.07 Å². The Morgan fingerprint density at radius 2 is 1.82 bits per heavy atom. The Bertz CT molecular complexity index is 772. The molecule has 2 aliphatic rings. The molecular weight excluding hydrogens is 369 g/mol. The summed E-state index contributed by atoms with van der Waals surface area (Å²) in [6.07, 6.45) is 5.19. The molecule has 152 valence electrons. The van der Waals surface area contributed by atoms with Crippen LogP contribution in [0.1, 0.15) is 32.1 Å². The first-order valence-electron chi connectivity index (χ1n) is 9.26. The lowest BCUT2D eigenvalue weighted by Gasteiger charge is -2.33. The predicted molar refractivity (Wildman–Crippen MR) is 98.3 cm³/mol. The summed E-state index contributed by atoms with van der Waals surface area (Å²) in [6.45, 7) is -0.169. The molecule has 1 aromatic rings. The highest BCUT2D eigenvalue weighted by Gasteiger charge is 2.34. The quantitative estimate of drug-likeness (QED) is 0.712. The van der Waals surface area contributed by atoms with Crippen molar-refractivity contribution in [1.82, 2.24) is 0 Å². The summed E-state index contributed by atoms with van der Waals surface area (Å²) in [5, 5.41) is 0. The van der Waals surface area contributed by atoms with E-state index in [4.69, 9.17) is 18.9 Å². The van der Waals surface area contributed by atoms with Crippen molar-refractivity contribution in [3.63, 3.8) is 0 Å². The fourth-order valence-electron chi connectivity index (χ4n) is 3.50. The summed E-state index contributed by atoms with van der Waals surface area (Å²) in [7, 11) is 2.42. The van der Waals surface area contributed by atoms with Crippen molar-refractivity contribution >= 4 is 17.6 Å². The summed E-state index contributed by atoms with van der Waals surface area (Å²) in [5.41, 5.74) is 0.264. The third kappa shape index (κ3) is 4.27. The molecule has 0 atom stereocenters. The van der Waals surface area contributed by atoms with Crippen LogP contribution in [0.25, 0.3) is 0 Å². The molecule has 1 fully saturated rings. The average molecular weight is 393 g/mol. The minimum Gasteiger partial charge on any atom is -0.488 e. The van der Waals surface area contributed by atoms with Crippen LogP contribution < -0.4 is 9.64 Å². The van der Waals surface area contributed by atoms with Crippen LogP contribution in [0.4, 0.5) is 10.1 Å². The Hall–Kier alpha value is -2.61. The fourth-order valence-corrected chi connectivity index (χ4v) is 3.50. The van der Waals surface area contributed by atoms with E-state index < -0.39 is 17.8 Å². The molecule has 0 bridgehead atoms. The number of esters is 2. The van der Waals surface area contributed by atoms with Gasteiger partial charge < -0.3 is 23.8 Å². The standard InChI is InChI=1S/C20H24FNO6/c1-25-19(23)15-11-27-12-22(18(15)20(24)26-2)16-10-13(21)8-9-17(16)28-14-6-4-3-5-7-14/h8-10,14H,3-7,11-12H2,1-2H3. The van der Waals surface area contributed by atoms with Gasteiger partial charge in [0.15, 0.2) is 0 Å². The van der Waals surface area contributed by atoms with Crippen molar-refractivity contribution in [2.24, 2.45) is 0 Å². The van der Waals surface area contributed by atoms with Crippen LogP contribution in [0.15, 0.2) is 29.5 Å². The van der Waals surface area contributed by atoms with Gasteiger partial charge in [-0.2, -0.15) is 0 Å². The Kier molecular flexibility index (Phi) is 6.51. The van der Waals surface area contributed by atoms with E-state index in [1.54, 1.807) is 0 Å². The molecule has 0 N–H and O–H groups in total. The molecule has 1 aliphatic heterocycles. The number of hydrogen-bond acceptors (Lipinski definition) is 7. The fraction of sp³-hybridized carbons (Fsp3) is 0.500. The lowest BCUT2D eigenvalue weighted by atomic mass is 9.98. The Morgan fingerprint density at radius 1 is 1.11 bits per heavy atom. The number of hydrogen-bond donors (Lipinski definition) is 0. The lowest BCUT2D eigenvalue weighted by Crippen LogP contribution is -2.39. The molecule has 0 aromatic heterocycles. The Balaban J connectivity index is 2.03. The first-order valence-corrected chi connectivity index (χ1v) is 9.26. The number of ether oxygens (including phenoxy) is 4. The monoisotopic (exact) mass is 393 g/mol. The van der Waals surface area contributed by atoms with E-state index >= 15 is 0 Å². The van der Waals surface area contributed by atoms with Gasteiger partial charge in [-0.1, -0.05) is 6.42 Å². The number of carbonyl (C=O) groups is 2. The molecule has 0 amide bonds. The van der Waals surface area contributed by atoms with Crippen molar-refractivity contribution in [3.8, 4) is 5.75 Å². The average Bonchev–Trinajstić information content (AvgIpc) is 2.74. The number of rotatable bonds is 5. The second-order valence-corrected chi connectivity index (χ2v) is 6.71. The van der Waals surface area contributed by atoms with Gasteiger partial charge in [0.1, 0.15) is 24.0 Å². The molecule has 3 rings (SSSR count). The van der Waals surface area contributed by atoms with Crippen molar-refractivity contribution in [3.05, 3.63) is 35.3 Å². The predicted octanol–water partition coefficient (Wildman–Crippen LogP) is 2.93. The van der Waals surface area contributed by atoms with E-state index in [-0.39, 0.29) is 30.7 Å². The first-order chi connectivity index (χ1) is 13.5. The van der Waals surface area contributed by atoms with Gasteiger partial charge in [0.2, 0.25) is 0 Å². The zero-order valence-electron chi connectivity index (χ0n) is 16.0. The first kappa shape index (κ1) is 20.1. The maximum atomic E-state index is 14.1.